The van der Waals surface area contributed by atoms with Crippen molar-refractivity contribution in [2.45, 2.75) is 6.92 Å². The van der Waals surface area contributed by atoms with Gasteiger partial charge in [-0.25, -0.2) is 4.79 Å². The fraction of sp³-hybridized carbons (Fsp3) is 0.118. The summed E-state index contributed by atoms with van der Waals surface area (Å²) in [6.07, 6.45) is 3.40. The number of aryl methyl sites for hydroxylation is 2. The van der Waals surface area contributed by atoms with Gasteiger partial charge in [-0.15, -0.1) is 0 Å². The molecule has 0 amide bonds. The molecule has 3 heterocycles. The molecule has 6 heteroatoms. The summed E-state index contributed by atoms with van der Waals surface area (Å²) in [6, 6.07) is 4.18. The molecule has 114 valence electrons. The van der Waals surface area contributed by atoms with E-state index in [1.807, 2.05) is 0 Å². The molecule has 4 aromatic rings. The normalized spacial score (nSPS) is 11.6. The molecule has 0 atom stereocenters. The van der Waals surface area contributed by atoms with E-state index >= 15 is 0 Å². The average molecular weight is 309 g/mol. The fourth-order valence-corrected chi connectivity index (χ4v) is 2.86. The Bertz CT molecular complexity index is 1290. The van der Waals surface area contributed by atoms with E-state index < -0.39 is 16.5 Å². The largest absolute Gasteiger partial charge is 0.460 e. The molecule has 0 unspecified atom stereocenters. The van der Waals surface area contributed by atoms with Gasteiger partial charge in [0, 0.05) is 37.0 Å². The first kappa shape index (κ1) is 13.5. The number of hydrogen-bond donors (Lipinski definition) is 0. The van der Waals surface area contributed by atoms with Crippen LogP contribution in [0.1, 0.15) is 5.76 Å². The molecule has 0 spiro atoms. The molecule has 0 aliphatic carbocycles. The molecule has 0 saturated carbocycles. The Balaban J connectivity index is 2.46. The van der Waals surface area contributed by atoms with Crippen LogP contribution in [0.5, 0.6) is 0 Å². The van der Waals surface area contributed by atoms with Gasteiger partial charge in [0.05, 0.1) is 10.8 Å². The number of rotatable bonds is 0. The quantitative estimate of drug-likeness (QED) is 0.367. The molecular weight excluding hydrogens is 298 g/mol. The van der Waals surface area contributed by atoms with Crippen molar-refractivity contribution in [3.05, 3.63) is 67.2 Å². The van der Waals surface area contributed by atoms with Crippen molar-refractivity contribution < 1.29 is 8.83 Å². The van der Waals surface area contributed by atoms with Gasteiger partial charge in [0.1, 0.15) is 16.7 Å². The fourth-order valence-electron chi connectivity index (χ4n) is 2.86. The minimum Gasteiger partial charge on any atom is -0.460 e. The SMILES string of the molecule is Cc1cc(=O)c2c(=O)cc3oc(=O)c4cn(C)ccc4c3c2o1. The predicted octanol–water partition coefficient (Wildman–Crippen LogP) is 2.06. The molecule has 0 fully saturated rings. The summed E-state index contributed by atoms with van der Waals surface area (Å²) in [5, 5.41) is 1.35. The van der Waals surface area contributed by atoms with Crippen LogP contribution in [0.2, 0.25) is 0 Å². The van der Waals surface area contributed by atoms with E-state index in [0.29, 0.717) is 21.9 Å². The Morgan fingerprint density at radius 3 is 2.48 bits per heavy atom. The second-order valence-electron chi connectivity index (χ2n) is 5.50. The first-order chi connectivity index (χ1) is 11.0. The molecule has 0 saturated heterocycles. The smallest absolute Gasteiger partial charge is 0.345 e. The van der Waals surface area contributed by atoms with E-state index in [-0.39, 0.29) is 16.6 Å². The zero-order valence-electron chi connectivity index (χ0n) is 12.4. The Hall–Kier alpha value is -3.15. The van der Waals surface area contributed by atoms with Gasteiger partial charge in [0.15, 0.2) is 16.4 Å². The summed E-state index contributed by atoms with van der Waals surface area (Å²) in [4.78, 5) is 36.5. The topological polar surface area (TPSA) is 82.4 Å². The third-order valence-corrected chi connectivity index (χ3v) is 3.84. The van der Waals surface area contributed by atoms with Crippen LogP contribution in [0.25, 0.3) is 32.7 Å². The summed E-state index contributed by atoms with van der Waals surface area (Å²) in [6.45, 7) is 1.63. The van der Waals surface area contributed by atoms with Crippen molar-refractivity contribution in [2.24, 2.45) is 7.05 Å². The third-order valence-electron chi connectivity index (χ3n) is 3.84. The Kier molecular flexibility index (Phi) is 2.60. The Morgan fingerprint density at radius 2 is 1.70 bits per heavy atom. The van der Waals surface area contributed by atoms with Crippen LogP contribution in [-0.4, -0.2) is 4.57 Å². The van der Waals surface area contributed by atoms with Crippen LogP contribution in [0.15, 0.2) is 53.8 Å². The second kappa shape index (κ2) is 4.42. The highest BCUT2D eigenvalue weighted by molar-refractivity contribution is 6.15. The van der Waals surface area contributed by atoms with Gasteiger partial charge < -0.3 is 13.4 Å². The summed E-state index contributed by atoms with van der Waals surface area (Å²) < 4.78 is 12.6. The maximum atomic E-state index is 12.2. The van der Waals surface area contributed by atoms with Gasteiger partial charge >= 0.3 is 5.63 Å². The van der Waals surface area contributed by atoms with Gasteiger partial charge in [-0.1, -0.05) is 0 Å². The van der Waals surface area contributed by atoms with Crippen molar-refractivity contribution >= 4 is 32.7 Å². The molecule has 0 bridgehead atoms. The van der Waals surface area contributed by atoms with Gasteiger partial charge in [0.2, 0.25) is 0 Å². The maximum absolute atomic E-state index is 12.2. The van der Waals surface area contributed by atoms with E-state index in [9.17, 15) is 14.4 Å². The zero-order valence-corrected chi connectivity index (χ0v) is 12.4. The molecular formula is C17H11NO5. The molecule has 23 heavy (non-hydrogen) atoms. The van der Waals surface area contributed by atoms with E-state index in [2.05, 4.69) is 0 Å². The van der Waals surface area contributed by atoms with Gasteiger partial charge in [0.25, 0.3) is 0 Å². The van der Waals surface area contributed by atoms with E-state index in [1.165, 1.54) is 6.07 Å². The minimum atomic E-state index is -0.544. The molecule has 6 nitrogen and oxygen atoms in total. The summed E-state index contributed by atoms with van der Waals surface area (Å²) in [7, 11) is 1.78. The van der Waals surface area contributed by atoms with E-state index in [1.54, 1.807) is 37.0 Å². The lowest BCUT2D eigenvalue weighted by Gasteiger charge is -2.07. The van der Waals surface area contributed by atoms with E-state index in [0.717, 1.165) is 6.07 Å². The minimum absolute atomic E-state index is 0.0357. The molecule has 0 radical (unpaired) electrons. The number of benzene rings is 1. The highest BCUT2D eigenvalue weighted by atomic mass is 16.4. The van der Waals surface area contributed by atoms with E-state index in [4.69, 9.17) is 8.83 Å². The number of hydrogen-bond acceptors (Lipinski definition) is 5. The Labute approximate surface area is 128 Å². The standard InChI is InChI=1S/C17H11NO5/c1-8-5-11(19)15-12(20)6-13-14(16(15)22-8)9-3-4-18(2)7-10(9)17(21)23-13/h3-7H,1-2H3. The van der Waals surface area contributed by atoms with Crippen molar-refractivity contribution in [1.29, 1.82) is 0 Å². The molecule has 4 rings (SSSR count). The van der Waals surface area contributed by atoms with Gasteiger partial charge in [-0.3, -0.25) is 9.59 Å². The summed E-state index contributed by atoms with van der Waals surface area (Å²) in [5.41, 5.74) is -1.21. The lowest BCUT2D eigenvalue weighted by Crippen LogP contribution is -2.13. The first-order valence-corrected chi connectivity index (χ1v) is 6.96. The third kappa shape index (κ3) is 1.85. The summed E-state index contributed by atoms with van der Waals surface area (Å²) in [5.74, 6) is 0.384. The molecule has 0 N–H and O–H groups in total. The summed E-state index contributed by atoms with van der Waals surface area (Å²) >= 11 is 0. The molecule has 3 aromatic heterocycles. The van der Waals surface area contributed by atoms with Crippen molar-refractivity contribution in [1.82, 2.24) is 4.57 Å². The number of fused-ring (bicyclic) bond motifs is 5. The molecule has 0 aliphatic rings. The van der Waals surface area contributed by atoms with Crippen molar-refractivity contribution in [3.63, 3.8) is 0 Å². The van der Waals surface area contributed by atoms with Crippen molar-refractivity contribution in [3.8, 4) is 0 Å². The average Bonchev–Trinajstić information content (AvgIpc) is 2.46. The van der Waals surface area contributed by atoms with Gasteiger partial charge in [-0.2, -0.15) is 0 Å². The van der Waals surface area contributed by atoms with Crippen LogP contribution in [0.4, 0.5) is 0 Å². The zero-order chi connectivity index (χ0) is 16.3. The van der Waals surface area contributed by atoms with Gasteiger partial charge in [-0.05, 0) is 13.0 Å². The highest BCUT2D eigenvalue weighted by Gasteiger charge is 2.17. The number of aromatic nitrogens is 1. The maximum Gasteiger partial charge on any atom is 0.345 e. The van der Waals surface area contributed by atoms with Crippen LogP contribution in [0, 0.1) is 6.92 Å². The van der Waals surface area contributed by atoms with Crippen LogP contribution in [-0.2, 0) is 7.05 Å². The van der Waals surface area contributed by atoms with Crippen LogP contribution >= 0.6 is 0 Å². The second-order valence-corrected chi connectivity index (χ2v) is 5.50. The van der Waals surface area contributed by atoms with Crippen molar-refractivity contribution in [2.75, 3.05) is 0 Å². The monoisotopic (exact) mass is 309 g/mol. The predicted molar refractivity (Wildman–Crippen MR) is 86.0 cm³/mol. The number of pyridine rings is 1. The van der Waals surface area contributed by atoms with Crippen LogP contribution < -0.4 is 16.5 Å². The lowest BCUT2D eigenvalue weighted by molar-refractivity contribution is 0.558. The number of nitrogens with zero attached hydrogens (tertiary/aromatic N) is 1. The van der Waals surface area contributed by atoms with Crippen LogP contribution in [0.3, 0.4) is 0 Å². The Morgan fingerprint density at radius 1 is 0.957 bits per heavy atom. The molecule has 1 aromatic carbocycles. The molecule has 0 aliphatic heterocycles. The highest BCUT2D eigenvalue weighted by Crippen LogP contribution is 2.27. The lowest BCUT2D eigenvalue weighted by atomic mass is 10.1. The first-order valence-electron chi connectivity index (χ1n) is 6.96.